The summed E-state index contributed by atoms with van der Waals surface area (Å²) in [6, 6.07) is 11.5. The van der Waals surface area contributed by atoms with Gasteiger partial charge >= 0.3 is 11.9 Å². The Morgan fingerprint density at radius 2 is 1.93 bits per heavy atom. The van der Waals surface area contributed by atoms with E-state index in [1.165, 1.54) is 55.7 Å². The number of esters is 2. The molecule has 0 saturated carbocycles. The maximum Gasteiger partial charge on any atom is 0.350 e. The van der Waals surface area contributed by atoms with Crippen LogP contribution in [0.5, 0.6) is 11.5 Å². The van der Waals surface area contributed by atoms with E-state index in [9.17, 15) is 19.7 Å². The van der Waals surface area contributed by atoms with Crippen molar-refractivity contribution in [1.82, 2.24) is 0 Å². The number of rotatable bonds is 7. The molecule has 0 bridgehead atoms. The molecule has 29 heavy (non-hydrogen) atoms. The Balaban J connectivity index is 2.32. The fourth-order valence-corrected chi connectivity index (χ4v) is 2.33. The third kappa shape index (κ3) is 5.17. The summed E-state index contributed by atoms with van der Waals surface area (Å²) in [5.41, 5.74) is -0.378. The number of para-hydroxylation sites is 1. The van der Waals surface area contributed by atoms with Crippen LogP contribution in [-0.4, -0.2) is 30.6 Å². The smallest absolute Gasteiger partial charge is 0.350 e. The van der Waals surface area contributed by atoms with Crippen molar-refractivity contribution in [2.45, 2.75) is 6.92 Å². The molecule has 0 N–H and O–H groups in total. The lowest BCUT2D eigenvalue weighted by atomic mass is 10.1. The lowest BCUT2D eigenvalue weighted by Gasteiger charge is -2.10. The molecule has 2 aromatic carbocycles. The van der Waals surface area contributed by atoms with Gasteiger partial charge in [-0.05, 0) is 36.8 Å². The van der Waals surface area contributed by atoms with Crippen LogP contribution >= 0.6 is 0 Å². The first-order valence-corrected chi connectivity index (χ1v) is 8.33. The molecule has 0 aromatic heterocycles. The van der Waals surface area contributed by atoms with Gasteiger partial charge in [-0.3, -0.25) is 10.1 Å². The van der Waals surface area contributed by atoms with E-state index in [0.717, 1.165) is 0 Å². The number of carbonyl (C=O) groups excluding carboxylic acids is 2. The summed E-state index contributed by atoms with van der Waals surface area (Å²) in [4.78, 5) is 34.5. The van der Waals surface area contributed by atoms with Crippen LogP contribution in [0.3, 0.4) is 0 Å². The maximum atomic E-state index is 12.4. The van der Waals surface area contributed by atoms with Crippen LogP contribution in [0.2, 0.25) is 0 Å². The molecule has 2 aromatic rings. The molecule has 0 aliphatic carbocycles. The number of hydrogen-bond donors (Lipinski definition) is 0. The van der Waals surface area contributed by atoms with Crippen molar-refractivity contribution in [2.24, 2.45) is 0 Å². The van der Waals surface area contributed by atoms with E-state index in [1.807, 2.05) is 0 Å². The van der Waals surface area contributed by atoms with Gasteiger partial charge in [-0.1, -0.05) is 18.2 Å². The zero-order chi connectivity index (χ0) is 21.4. The summed E-state index contributed by atoms with van der Waals surface area (Å²) in [6.45, 7) is 1.75. The SMILES string of the molecule is CCOC(=O)/C(C#N)=C/c1ccc(OC(=O)c2ccccc2[N+](=O)[O-])c(OC)c1. The van der Waals surface area contributed by atoms with E-state index >= 15 is 0 Å². The van der Waals surface area contributed by atoms with Crippen LogP contribution in [0.1, 0.15) is 22.8 Å². The summed E-state index contributed by atoms with van der Waals surface area (Å²) < 4.78 is 15.2. The van der Waals surface area contributed by atoms with Gasteiger partial charge in [-0.25, -0.2) is 9.59 Å². The Labute approximate surface area is 165 Å². The average molecular weight is 396 g/mol. The molecule has 0 unspecified atom stereocenters. The summed E-state index contributed by atoms with van der Waals surface area (Å²) in [6.07, 6.45) is 1.30. The fraction of sp³-hybridized carbons (Fsp3) is 0.150. The number of nitro groups is 1. The number of nitriles is 1. The third-order valence-corrected chi connectivity index (χ3v) is 3.64. The molecule has 0 fully saturated rings. The number of ether oxygens (including phenoxy) is 3. The van der Waals surface area contributed by atoms with Crippen LogP contribution in [0.4, 0.5) is 5.69 Å². The van der Waals surface area contributed by atoms with Gasteiger partial charge in [-0.15, -0.1) is 0 Å². The largest absolute Gasteiger partial charge is 0.493 e. The monoisotopic (exact) mass is 396 g/mol. The number of benzene rings is 2. The highest BCUT2D eigenvalue weighted by molar-refractivity contribution is 5.98. The molecule has 0 heterocycles. The normalized spacial score (nSPS) is 10.6. The molecule has 0 amide bonds. The van der Waals surface area contributed by atoms with Crippen molar-refractivity contribution < 1.29 is 28.7 Å². The molecule has 0 radical (unpaired) electrons. The highest BCUT2D eigenvalue weighted by Gasteiger charge is 2.22. The number of nitrogens with zero attached hydrogens (tertiary/aromatic N) is 2. The second-order valence-electron chi connectivity index (χ2n) is 5.46. The maximum absolute atomic E-state index is 12.4. The van der Waals surface area contributed by atoms with Gasteiger partial charge < -0.3 is 14.2 Å². The molecule has 0 atom stereocenters. The molecule has 148 valence electrons. The van der Waals surface area contributed by atoms with Gasteiger partial charge in [-0.2, -0.15) is 5.26 Å². The summed E-state index contributed by atoms with van der Waals surface area (Å²) in [7, 11) is 1.34. The number of hydrogen-bond acceptors (Lipinski definition) is 8. The van der Waals surface area contributed by atoms with Crippen molar-refractivity contribution in [3.63, 3.8) is 0 Å². The van der Waals surface area contributed by atoms with Crippen molar-refractivity contribution in [3.8, 4) is 17.6 Å². The number of carbonyl (C=O) groups is 2. The molecule has 9 heteroatoms. The number of methoxy groups -OCH3 is 1. The van der Waals surface area contributed by atoms with Crippen LogP contribution in [0.25, 0.3) is 6.08 Å². The second kappa shape index (κ2) is 9.66. The predicted octanol–water partition coefficient (Wildman–Crippen LogP) is 3.29. The van der Waals surface area contributed by atoms with Crippen molar-refractivity contribution in [2.75, 3.05) is 13.7 Å². The molecular weight excluding hydrogens is 380 g/mol. The van der Waals surface area contributed by atoms with E-state index in [2.05, 4.69) is 0 Å². The van der Waals surface area contributed by atoms with E-state index < -0.39 is 16.9 Å². The summed E-state index contributed by atoms with van der Waals surface area (Å²) in [5, 5.41) is 20.2. The third-order valence-electron chi connectivity index (χ3n) is 3.64. The lowest BCUT2D eigenvalue weighted by Crippen LogP contribution is -2.11. The van der Waals surface area contributed by atoms with Crippen LogP contribution in [0.15, 0.2) is 48.0 Å². The summed E-state index contributed by atoms with van der Waals surface area (Å²) >= 11 is 0. The zero-order valence-corrected chi connectivity index (χ0v) is 15.6. The minimum Gasteiger partial charge on any atom is -0.493 e. The molecule has 9 nitrogen and oxygen atoms in total. The first-order chi connectivity index (χ1) is 13.9. The average Bonchev–Trinajstić information content (AvgIpc) is 2.72. The minimum absolute atomic E-state index is 0.0162. The first kappa shape index (κ1) is 21.1. The van der Waals surface area contributed by atoms with Gasteiger partial charge in [0.15, 0.2) is 11.5 Å². The van der Waals surface area contributed by atoms with Gasteiger partial charge in [0, 0.05) is 6.07 Å². The van der Waals surface area contributed by atoms with Crippen LogP contribution in [0, 0.1) is 21.4 Å². The van der Waals surface area contributed by atoms with E-state index in [-0.39, 0.29) is 34.9 Å². The van der Waals surface area contributed by atoms with E-state index in [0.29, 0.717) is 5.56 Å². The predicted molar refractivity (Wildman–Crippen MR) is 101 cm³/mol. The standard InChI is InChI=1S/C20H16N2O7/c1-3-28-19(23)14(12-21)10-13-8-9-17(18(11-13)27-2)29-20(24)15-6-4-5-7-16(15)22(25)26/h4-11H,3H2,1-2H3/b14-10+. The molecule has 0 spiro atoms. The molecule has 0 aliphatic heterocycles. The quantitative estimate of drug-likeness (QED) is 0.174. The Morgan fingerprint density at radius 1 is 1.21 bits per heavy atom. The van der Waals surface area contributed by atoms with Crippen LogP contribution < -0.4 is 9.47 Å². The molecule has 2 rings (SSSR count). The van der Waals surface area contributed by atoms with Crippen molar-refractivity contribution >= 4 is 23.7 Å². The zero-order valence-electron chi connectivity index (χ0n) is 15.6. The highest BCUT2D eigenvalue weighted by atomic mass is 16.6. The Kier molecular flexibility index (Phi) is 7.03. The van der Waals surface area contributed by atoms with Gasteiger partial charge in [0.25, 0.3) is 5.69 Å². The molecule has 0 saturated heterocycles. The topological polar surface area (TPSA) is 129 Å². The van der Waals surface area contributed by atoms with Crippen molar-refractivity contribution in [3.05, 3.63) is 69.3 Å². The van der Waals surface area contributed by atoms with Crippen LogP contribution in [-0.2, 0) is 9.53 Å². The van der Waals surface area contributed by atoms with E-state index in [4.69, 9.17) is 19.5 Å². The van der Waals surface area contributed by atoms with E-state index in [1.54, 1.807) is 13.0 Å². The second-order valence-corrected chi connectivity index (χ2v) is 5.46. The Morgan fingerprint density at radius 3 is 2.55 bits per heavy atom. The Bertz CT molecular complexity index is 1020. The fourth-order valence-electron chi connectivity index (χ4n) is 2.33. The molecule has 0 aliphatic rings. The van der Waals surface area contributed by atoms with Crippen molar-refractivity contribution in [1.29, 1.82) is 5.26 Å². The number of nitro benzene ring substituents is 1. The first-order valence-electron chi connectivity index (χ1n) is 8.33. The highest BCUT2D eigenvalue weighted by Crippen LogP contribution is 2.30. The minimum atomic E-state index is -0.928. The molecular formula is C20H16N2O7. The van der Waals surface area contributed by atoms with Gasteiger partial charge in [0.2, 0.25) is 0 Å². The summed E-state index contributed by atoms with van der Waals surface area (Å²) in [5.74, 6) is -1.54. The van der Waals surface area contributed by atoms with Gasteiger partial charge in [0.1, 0.15) is 17.2 Å². The Hall–Kier alpha value is -4.19. The lowest BCUT2D eigenvalue weighted by molar-refractivity contribution is -0.385. The van der Waals surface area contributed by atoms with Gasteiger partial charge in [0.05, 0.1) is 18.6 Å².